The number of carboxylic acids is 1. The third-order valence-corrected chi connectivity index (χ3v) is 3.34. The van der Waals surface area contributed by atoms with E-state index in [0.717, 1.165) is 17.5 Å². The van der Waals surface area contributed by atoms with Crippen molar-refractivity contribution in [1.29, 1.82) is 0 Å². The van der Waals surface area contributed by atoms with Gasteiger partial charge in [-0.05, 0) is 56.1 Å². The van der Waals surface area contributed by atoms with Crippen LogP contribution in [0, 0.1) is 19.7 Å². The largest absolute Gasteiger partial charge is 0.475 e. The first-order valence-electron chi connectivity index (χ1n) is 6.75. The lowest BCUT2D eigenvalue weighted by atomic mass is 10.1. The van der Waals surface area contributed by atoms with E-state index in [1.54, 1.807) is 19.1 Å². The van der Waals surface area contributed by atoms with Crippen LogP contribution < -0.4 is 5.32 Å². The predicted molar refractivity (Wildman–Crippen MR) is 77.0 cm³/mol. The Hall–Kier alpha value is -2.14. The normalized spacial score (nSPS) is 10.8. The summed E-state index contributed by atoms with van der Waals surface area (Å²) in [5, 5.41) is 12.1. The van der Waals surface area contributed by atoms with Gasteiger partial charge in [0.1, 0.15) is 11.6 Å². The average Bonchev–Trinajstić information content (AvgIpc) is 2.78. The van der Waals surface area contributed by atoms with Crippen molar-refractivity contribution in [2.24, 2.45) is 0 Å². The Labute approximate surface area is 122 Å². The zero-order chi connectivity index (χ0) is 15.4. The number of hydrogen-bond donors (Lipinski definition) is 2. The summed E-state index contributed by atoms with van der Waals surface area (Å²) in [6.07, 6.45) is 0.775. The molecule has 0 unspecified atom stereocenters. The molecule has 21 heavy (non-hydrogen) atoms. The number of aromatic carboxylic acids is 1. The summed E-state index contributed by atoms with van der Waals surface area (Å²) in [6, 6.07) is 6.48. The molecule has 5 heteroatoms. The van der Waals surface area contributed by atoms with E-state index in [9.17, 15) is 9.18 Å². The number of nitrogens with one attached hydrogen (secondary N) is 1. The molecule has 0 aliphatic heterocycles. The highest BCUT2D eigenvalue weighted by molar-refractivity contribution is 5.86. The van der Waals surface area contributed by atoms with E-state index in [0.29, 0.717) is 24.4 Å². The monoisotopic (exact) mass is 291 g/mol. The van der Waals surface area contributed by atoms with Crippen molar-refractivity contribution in [3.05, 3.63) is 58.3 Å². The molecule has 0 radical (unpaired) electrons. The first-order chi connectivity index (χ1) is 9.97. The van der Waals surface area contributed by atoms with Gasteiger partial charge in [-0.3, -0.25) is 0 Å². The molecule has 0 aliphatic carbocycles. The number of carboxylic acid groups (broad SMARTS) is 1. The van der Waals surface area contributed by atoms with Crippen molar-refractivity contribution in [3.63, 3.8) is 0 Å². The summed E-state index contributed by atoms with van der Waals surface area (Å²) < 4.78 is 18.2. The van der Waals surface area contributed by atoms with Crippen LogP contribution in [-0.2, 0) is 13.0 Å². The number of furan rings is 1. The highest BCUT2D eigenvalue weighted by Gasteiger charge is 2.13. The van der Waals surface area contributed by atoms with Crippen LogP contribution in [0.2, 0.25) is 0 Å². The third kappa shape index (κ3) is 3.92. The summed E-state index contributed by atoms with van der Waals surface area (Å²) in [6.45, 7) is 4.76. The van der Waals surface area contributed by atoms with Crippen LogP contribution in [0.5, 0.6) is 0 Å². The van der Waals surface area contributed by atoms with Crippen LogP contribution in [0.3, 0.4) is 0 Å². The summed E-state index contributed by atoms with van der Waals surface area (Å²) in [5.41, 5.74) is 2.64. The Morgan fingerprint density at radius 2 is 2.05 bits per heavy atom. The molecule has 0 saturated carbocycles. The Kier molecular flexibility index (Phi) is 4.75. The highest BCUT2D eigenvalue weighted by Crippen LogP contribution is 2.14. The first-order valence-corrected chi connectivity index (χ1v) is 6.75. The van der Waals surface area contributed by atoms with E-state index in [1.807, 2.05) is 6.92 Å². The minimum absolute atomic E-state index is 0.0128. The number of hydrogen-bond acceptors (Lipinski definition) is 3. The number of aryl methyl sites for hydroxylation is 2. The minimum Gasteiger partial charge on any atom is -0.475 e. The minimum atomic E-state index is -1.05. The maximum atomic E-state index is 13.0. The van der Waals surface area contributed by atoms with Crippen molar-refractivity contribution in [1.82, 2.24) is 5.32 Å². The summed E-state index contributed by atoms with van der Waals surface area (Å²) in [7, 11) is 0. The van der Waals surface area contributed by atoms with Crippen LogP contribution in [0.1, 0.15) is 33.0 Å². The van der Waals surface area contributed by atoms with Gasteiger partial charge in [-0.1, -0.05) is 6.07 Å². The molecule has 4 nitrogen and oxygen atoms in total. The van der Waals surface area contributed by atoms with Crippen molar-refractivity contribution < 1.29 is 18.7 Å². The smallest absolute Gasteiger partial charge is 0.372 e. The van der Waals surface area contributed by atoms with E-state index in [4.69, 9.17) is 9.52 Å². The lowest BCUT2D eigenvalue weighted by Gasteiger charge is -2.06. The predicted octanol–water partition coefficient (Wildman–Crippen LogP) is 3.07. The van der Waals surface area contributed by atoms with Gasteiger partial charge in [-0.25, -0.2) is 9.18 Å². The fourth-order valence-corrected chi connectivity index (χ4v) is 2.22. The summed E-state index contributed by atoms with van der Waals surface area (Å²) in [5.74, 6) is -0.695. The fourth-order valence-electron chi connectivity index (χ4n) is 2.22. The SMILES string of the molecule is Cc1cc(F)ccc1CCNCc1cc(C)c(C(=O)O)o1. The third-order valence-electron chi connectivity index (χ3n) is 3.34. The van der Waals surface area contributed by atoms with E-state index >= 15 is 0 Å². The lowest BCUT2D eigenvalue weighted by Crippen LogP contribution is -2.16. The molecular weight excluding hydrogens is 273 g/mol. The zero-order valence-electron chi connectivity index (χ0n) is 12.1. The standard InChI is InChI=1S/C16H18FNO3/c1-10-7-13(17)4-3-12(10)5-6-18-9-14-8-11(2)15(21-14)16(19)20/h3-4,7-8,18H,5-6,9H2,1-2H3,(H,19,20). The van der Waals surface area contributed by atoms with E-state index in [-0.39, 0.29) is 11.6 Å². The molecule has 2 aromatic rings. The van der Waals surface area contributed by atoms with Crippen molar-refractivity contribution >= 4 is 5.97 Å². The molecule has 0 aliphatic rings. The van der Waals surface area contributed by atoms with E-state index in [1.165, 1.54) is 12.1 Å². The molecule has 112 valence electrons. The molecule has 1 aromatic carbocycles. The van der Waals surface area contributed by atoms with Crippen LogP contribution in [0.25, 0.3) is 0 Å². The molecule has 2 rings (SSSR count). The Morgan fingerprint density at radius 1 is 1.29 bits per heavy atom. The Morgan fingerprint density at radius 3 is 2.67 bits per heavy atom. The summed E-state index contributed by atoms with van der Waals surface area (Å²) in [4.78, 5) is 10.9. The second-order valence-corrected chi connectivity index (χ2v) is 5.03. The fraction of sp³-hybridized carbons (Fsp3) is 0.312. The number of carbonyl (C=O) groups is 1. The van der Waals surface area contributed by atoms with Gasteiger partial charge in [0.25, 0.3) is 0 Å². The van der Waals surface area contributed by atoms with Gasteiger partial charge in [-0.15, -0.1) is 0 Å². The maximum absolute atomic E-state index is 13.0. The molecule has 1 aromatic heterocycles. The van der Waals surface area contributed by atoms with Crippen molar-refractivity contribution in [3.8, 4) is 0 Å². The molecule has 2 N–H and O–H groups in total. The zero-order valence-corrected chi connectivity index (χ0v) is 12.1. The molecule has 0 saturated heterocycles. The Bertz CT molecular complexity index is 649. The first kappa shape index (κ1) is 15.3. The quantitative estimate of drug-likeness (QED) is 0.803. The van der Waals surface area contributed by atoms with Crippen LogP contribution in [0.4, 0.5) is 4.39 Å². The molecule has 0 bridgehead atoms. The van der Waals surface area contributed by atoms with Crippen LogP contribution in [0.15, 0.2) is 28.7 Å². The second kappa shape index (κ2) is 6.54. The number of benzene rings is 1. The van der Waals surface area contributed by atoms with E-state index in [2.05, 4.69) is 5.32 Å². The van der Waals surface area contributed by atoms with Gasteiger partial charge >= 0.3 is 5.97 Å². The van der Waals surface area contributed by atoms with Gasteiger partial charge < -0.3 is 14.8 Å². The lowest BCUT2D eigenvalue weighted by molar-refractivity contribution is 0.0659. The average molecular weight is 291 g/mol. The van der Waals surface area contributed by atoms with Crippen molar-refractivity contribution in [2.45, 2.75) is 26.8 Å². The molecular formula is C16H18FNO3. The van der Waals surface area contributed by atoms with Gasteiger partial charge in [-0.2, -0.15) is 0 Å². The van der Waals surface area contributed by atoms with Gasteiger partial charge in [0.15, 0.2) is 0 Å². The Balaban J connectivity index is 1.84. The molecule has 0 spiro atoms. The molecule has 0 amide bonds. The maximum Gasteiger partial charge on any atom is 0.372 e. The van der Waals surface area contributed by atoms with Gasteiger partial charge in [0.05, 0.1) is 6.54 Å². The van der Waals surface area contributed by atoms with Gasteiger partial charge in [0.2, 0.25) is 5.76 Å². The highest BCUT2D eigenvalue weighted by atomic mass is 19.1. The van der Waals surface area contributed by atoms with Crippen molar-refractivity contribution in [2.75, 3.05) is 6.54 Å². The van der Waals surface area contributed by atoms with E-state index < -0.39 is 5.97 Å². The summed E-state index contributed by atoms with van der Waals surface area (Å²) >= 11 is 0. The molecule has 0 atom stereocenters. The molecule has 1 heterocycles. The topological polar surface area (TPSA) is 62.5 Å². The number of rotatable bonds is 6. The van der Waals surface area contributed by atoms with Gasteiger partial charge in [0, 0.05) is 5.56 Å². The molecule has 0 fully saturated rings. The second-order valence-electron chi connectivity index (χ2n) is 5.03. The van der Waals surface area contributed by atoms with Crippen LogP contribution >= 0.6 is 0 Å². The van der Waals surface area contributed by atoms with Crippen LogP contribution in [-0.4, -0.2) is 17.6 Å². The number of halogens is 1.